The predicted molar refractivity (Wildman–Crippen MR) is 116 cm³/mol. The van der Waals surface area contributed by atoms with Crippen molar-refractivity contribution in [2.75, 3.05) is 19.9 Å². The first kappa shape index (κ1) is 26.0. The number of carbonyl (C=O) groups excluding carboxylic acids is 3. The molecule has 0 aliphatic carbocycles. The number of methoxy groups -OCH3 is 1. The van der Waals surface area contributed by atoms with Crippen molar-refractivity contribution in [1.29, 1.82) is 0 Å². The van der Waals surface area contributed by atoms with Crippen LogP contribution in [-0.4, -0.2) is 54.8 Å². The van der Waals surface area contributed by atoms with E-state index in [9.17, 15) is 24.3 Å². The number of thioether (sulfide) groups is 1. The van der Waals surface area contributed by atoms with Crippen LogP contribution >= 0.6 is 23.1 Å². The zero-order valence-electron chi connectivity index (χ0n) is 17.7. The molecular formula is C20H30N2O6S2. The second-order valence-corrected chi connectivity index (χ2v) is 9.51. The Bertz CT molecular complexity index is 708. The standard InChI is InChI=1S/C20H30N2O6S2/c1-12(2)10-13(11-30-16-6-5-9-29-16)17(20(26)27)19(25)22-14(18(24)21-3)7-8-15(23)28-4/h5-6,9,12-14,17H,7-8,10-11H2,1-4H3,(H,21,24)(H,22,25)(H,26,27)/t13-,14-,17-/m0/s1. The Labute approximate surface area is 185 Å². The fourth-order valence-corrected chi connectivity index (χ4v) is 5.01. The average molecular weight is 459 g/mol. The molecule has 1 aromatic rings. The third-order valence-corrected chi connectivity index (χ3v) is 6.79. The number of ether oxygens (including phenoxy) is 1. The topological polar surface area (TPSA) is 122 Å². The summed E-state index contributed by atoms with van der Waals surface area (Å²) in [4.78, 5) is 48.5. The maximum atomic E-state index is 12.9. The summed E-state index contributed by atoms with van der Waals surface area (Å²) in [6.07, 6.45) is 0.495. The van der Waals surface area contributed by atoms with Crippen molar-refractivity contribution in [2.24, 2.45) is 17.8 Å². The van der Waals surface area contributed by atoms with Crippen molar-refractivity contribution >= 4 is 46.9 Å². The summed E-state index contributed by atoms with van der Waals surface area (Å²) in [6.45, 7) is 3.95. The maximum Gasteiger partial charge on any atom is 0.316 e. The number of carboxylic acid groups (broad SMARTS) is 1. The minimum absolute atomic E-state index is 0.0171. The van der Waals surface area contributed by atoms with Gasteiger partial charge in [-0.1, -0.05) is 19.9 Å². The first-order chi connectivity index (χ1) is 14.2. The summed E-state index contributed by atoms with van der Waals surface area (Å²) in [5.74, 6) is -4.02. The molecule has 0 bridgehead atoms. The van der Waals surface area contributed by atoms with E-state index in [1.54, 1.807) is 11.3 Å². The summed E-state index contributed by atoms with van der Waals surface area (Å²) in [5, 5.41) is 16.7. The fraction of sp³-hybridized carbons (Fsp3) is 0.600. The van der Waals surface area contributed by atoms with Gasteiger partial charge >= 0.3 is 11.9 Å². The number of nitrogens with one attached hydrogen (secondary N) is 2. The van der Waals surface area contributed by atoms with E-state index in [-0.39, 0.29) is 18.8 Å². The van der Waals surface area contributed by atoms with Crippen molar-refractivity contribution in [3.8, 4) is 0 Å². The quantitative estimate of drug-likeness (QED) is 0.236. The molecule has 0 fully saturated rings. The van der Waals surface area contributed by atoms with Gasteiger partial charge in [0.15, 0.2) is 0 Å². The third kappa shape index (κ3) is 8.74. The lowest BCUT2D eigenvalue weighted by atomic mass is 9.86. The minimum Gasteiger partial charge on any atom is -0.481 e. The number of hydrogen-bond donors (Lipinski definition) is 3. The Morgan fingerprint density at radius 1 is 1.23 bits per heavy atom. The molecule has 1 rings (SSSR count). The van der Waals surface area contributed by atoms with Crippen LogP contribution < -0.4 is 10.6 Å². The number of thiophene rings is 1. The van der Waals surface area contributed by atoms with Gasteiger partial charge in [-0.05, 0) is 36.1 Å². The van der Waals surface area contributed by atoms with Crippen LogP contribution in [0.2, 0.25) is 0 Å². The number of amides is 2. The van der Waals surface area contributed by atoms with Crippen LogP contribution in [-0.2, 0) is 23.9 Å². The molecule has 168 valence electrons. The van der Waals surface area contributed by atoms with Gasteiger partial charge in [0.2, 0.25) is 11.8 Å². The Kier molecular flexibility index (Phi) is 11.5. The highest BCUT2D eigenvalue weighted by atomic mass is 32.2. The van der Waals surface area contributed by atoms with E-state index < -0.39 is 41.6 Å². The van der Waals surface area contributed by atoms with Gasteiger partial charge in [-0.15, -0.1) is 23.1 Å². The SMILES string of the molecule is CNC(=O)[C@H](CCC(=O)OC)NC(=O)[C@@H](C(=O)O)[C@H](CSc1cccs1)CC(C)C. The number of carbonyl (C=O) groups is 4. The second-order valence-electron chi connectivity index (χ2n) is 7.24. The van der Waals surface area contributed by atoms with E-state index in [0.717, 1.165) is 4.21 Å². The molecule has 3 N–H and O–H groups in total. The first-order valence-corrected chi connectivity index (χ1v) is 11.5. The number of aliphatic carboxylic acids is 1. The molecular weight excluding hydrogens is 428 g/mol. The van der Waals surface area contributed by atoms with E-state index in [4.69, 9.17) is 0 Å². The third-order valence-electron chi connectivity index (χ3n) is 4.47. The van der Waals surface area contributed by atoms with Crippen molar-refractivity contribution in [2.45, 2.75) is 43.4 Å². The summed E-state index contributed by atoms with van der Waals surface area (Å²) in [7, 11) is 2.64. The van der Waals surface area contributed by atoms with Gasteiger partial charge in [0, 0.05) is 19.2 Å². The molecule has 0 radical (unpaired) electrons. The number of esters is 1. The van der Waals surface area contributed by atoms with E-state index >= 15 is 0 Å². The summed E-state index contributed by atoms with van der Waals surface area (Å²) >= 11 is 3.08. The predicted octanol–water partition coefficient (Wildman–Crippen LogP) is 2.39. The maximum absolute atomic E-state index is 12.9. The van der Waals surface area contributed by atoms with Gasteiger partial charge < -0.3 is 20.5 Å². The molecule has 0 aromatic carbocycles. The lowest BCUT2D eigenvalue weighted by molar-refractivity contribution is -0.150. The van der Waals surface area contributed by atoms with Gasteiger partial charge in [-0.25, -0.2) is 0 Å². The largest absolute Gasteiger partial charge is 0.481 e. The van der Waals surface area contributed by atoms with Gasteiger partial charge in [0.1, 0.15) is 12.0 Å². The molecule has 2 amide bonds. The normalized spacial score (nSPS) is 13.9. The lowest BCUT2D eigenvalue weighted by Gasteiger charge is -2.26. The summed E-state index contributed by atoms with van der Waals surface area (Å²) < 4.78 is 5.63. The number of hydrogen-bond acceptors (Lipinski definition) is 7. The van der Waals surface area contributed by atoms with E-state index in [1.165, 1.54) is 25.9 Å². The number of likely N-dealkylation sites (N-methyl/N-ethyl adjacent to an activating group) is 1. The Morgan fingerprint density at radius 3 is 2.43 bits per heavy atom. The summed E-state index contributed by atoms with van der Waals surface area (Å²) in [5.41, 5.74) is 0. The molecule has 0 saturated carbocycles. The monoisotopic (exact) mass is 458 g/mol. The molecule has 0 aliphatic rings. The molecule has 0 spiro atoms. The van der Waals surface area contributed by atoms with Crippen LogP contribution in [0.25, 0.3) is 0 Å². The second kappa shape index (κ2) is 13.3. The van der Waals surface area contributed by atoms with Crippen molar-refractivity contribution < 1.29 is 29.0 Å². The zero-order chi connectivity index (χ0) is 22.7. The fourth-order valence-electron chi connectivity index (χ4n) is 3.04. The van der Waals surface area contributed by atoms with E-state index in [0.29, 0.717) is 12.2 Å². The summed E-state index contributed by atoms with van der Waals surface area (Å²) in [6, 6.07) is 2.85. The molecule has 10 heteroatoms. The molecule has 8 nitrogen and oxygen atoms in total. The van der Waals surface area contributed by atoms with Crippen LogP contribution in [0.3, 0.4) is 0 Å². The number of rotatable bonds is 13. The Hall–Kier alpha value is -2.07. The molecule has 0 saturated heterocycles. The van der Waals surface area contributed by atoms with Crippen molar-refractivity contribution in [1.82, 2.24) is 10.6 Å². The molecule has 0 aliphatic heterocycles. The van der Waals surface area contributed by atoms with Gasteiger partial charge in [-0.3, -0.25) is 19.2 Å². The minimum atomic E-state index is -1.30. The van der Waals surface area contributed by atoms with E-state index in [2.05, 4.69) is 15.4 Å². The van der Waals surface area contributed by atoms with Crippen LogP contribution in [0.1, 0.15) is 33.1 Å². The molecule has 1 heterocycles. The van der Waals surface area contributed by atoms with Gasteiger partial charge in [-0.2, -0.15) is 0 Å². The Morgan fingerprint density at radius 2 is 1.93 bits per heavy atom. The van der Waals surface area contributed by atoms with Crippen LogP contribution in [0.15, 0.2) is 21.7 Å². The average Bonchev–Trinajstić information content (AvgIpc) is 3.21. The first-order valence-electron chi connectivity index (χ1n) is 9.67. The van der Waals surface area contributed by atoms with Gasteiger partial charge in [0.05, 0.1) is 11.3 Å². The highest BCUT2D eigenvalue weighted by Crippen LogP contribution is 2.31. The zero-order valence-corrected chi connectivity index (χ0v) is 19.3. The van der Waals surface area contributed by atoms with Gasteiger partial charge in [0.25, 0.3) is 0 Å². The number of carboxylic acids is 1. The molecule has 30 heavy (non-hydrogen) atoms. The molecule has 1 aromatic heterocycles. The highest BCUT2D eigenvalue weighted by Gasteiger charge is 2.37. The van der Waals surface area contributed by atoms with E-state index in [1.807, 2.05) is 31.4 Å². The van der Waals surface area contributed by atoms with Crippen LogP contribution in [0, 0.1) is 17.8 Å². The van der Waals surface area contributed by atoms with Crippen molar-refractivity contribution in [3.63, 3.8) is 0 Å². The smallest absolute Gasteiger partial charge is 0.316 e. The molecule has 3 atom stereocenters. The highest BCUT2D eigenvalue weighted by molar-refractivity contribution is 8.01. The van der Waals surface area contributed by atoms with Crippen LogP contribution in [0.4, 0.5) is 0 Å². The van der Waals surface area contributed by atoms with Crippen molar-refractivity contribution in [3.05, 3.63) is 17.5 Å². The Balaban J connectivity index is 2.96. The van der Waals surface area contributed by atoms with Crippen LogP contribution in [0.5, 0.6) is 0 Å². The molecule has 0 unspecified atom stereocenters. The lowest BCUT2D eigenvalue weighted by Crippen LogP contribution is -2.50.